The number of aliphatic carboxylic acids is 3. The number of phenolic OH excluding ortho intramolecular Hbond substituents is 1. The molecule has 432 valence electrons. The molecule has 0 aromatic heterocycles. The van der Waals surface area contributed by atoms with Crippen molar-refractivity contribution in [1.82, 2.24) is 42.5 Å². The fraction of sp³-hybridized carbons (Fsp3) is 0.640. The average Bonchev–Trinajstić information content (AvgIpc) is 3.34. The van der Waals surface area contributed by atoms with E-state index < -0.39 is 163 Å². The lowest BCUT2D eigenvalue weighted by molar-refractivity contribution is -0.143. The van der Waals surface area contributed by atoms with Crippen LogP contribution < -0.4 is 59.7 Å². The molecule has 1 aromatic rings. The van der Waals surface area contributed by atoms with Gasteiger partial charge in [-0.2, -0.15) is 0 Å². The summed E-state index contributed by atoms with van der Waals surface area (Å²) in [7, 11) is 0. The van der Waals surface area contributed by atoms with E-state index in [1.165, 1.54) is 19.1 Å². The molecule has 9 amide bonds. The highest BCUT2D eigenvalue weighted by Crippen LogP contribution is 2.15. The second kappa shape index (κ2) is 34.3. The summed E-state index contributed by atoms with van der Waals surface area (Å²) in [5.41, 5.74) is 18.0. The van der Waals surface area contributed by atoms with Gasteiger partial charge in [-0.3, -0.25) is 52.7 Å². The van der Waals surface area contributed by atoms with Crippen LogP contribution in [0.15, 0.2) is 24.3 Å². The molecule has 0 aliphatic heterocycles. The number of phenols is 1. The Morgan fingerprint density at radius 2 is 0.948 bits per heavy atom. The Labute approximate surface area is 447 Å². The van der Waals surface area contributed by atoms with Gasteiger partial charge < -0.3 is 80.2 Å². The summed E-state index contributed by atoms with van der Waals surface area (Å²) in [6.45, 7) is 11.7. The molecule has 0 aliphatic carbocycles. The van der Waals surface area contributed by atoms with Crippen molar-refractivity contribution in [2.45, 2.75) is 180 Å². The molecule has 0 saturated heterocycles. The second-order valence-corrected chi connectivity index (χ2v) is 19.9. The maximum absolute atomic E-state index is 14.1. The quantitative estimate of drug-likeness (QED) is 0.0324. The first-order valence-corrected chi connectivity index (χ1v) is 25.6. The van der Waals surface area contributed by atoms with Crippen LogP contribution in [0.4, 0.5) is 0 Å². The maximum Gasteiger partial charge on any atom is 0.326 e. The first-order valence-electron chi connectivity index (χ1n) is 25.6. The average molecular weight is 1090 g/mol. The maximum atomic E-state index is 14.1. The fourth-order valence-corrected chi connectivity index (χ4v) is 7.61. The molecule has 1 rings (SSSR count). The number of nitrogens with two attached hydrogens (primary N) is 3. The molecule has 0 fully saturated rings. The predicted molar refractivity (Wildman–Crippen MR) is 277 cm³/mol. The van der Waals surface area contributed by atoms with E-state index in [1.807, 2.05) is 0 Å². The number of unbranched alkanes of at least 4 members (excludes halogenated alkanes) is 1. The van der Waals surface area contributed by atoms with E-state index in [9.17, 15) is 78.0 Å². The molecule has 77 heavy (non-hydrogen) atoms. The molecule has 27 heteroatoms. The third-order valence-corrected chi connectivity index (χ3v) is 12.1. The zero-order chi connectivity index (χ0) is 58.7. The SMILES string of the molecule is CC[C@H](C)[C@H](NC(=O)[C@H](CC(C)C)NC(=O)[C@@H](N)Cc1ccc(O)cc1)C(=O)N[C@@H](CC(N)=O)C(=O)N[C@@H](CCCCN)C(=O)N[C@@H](CCC(=O)O)C(=O)N[C@@H](CCC(=O)O)C(=O)N[C@@H](C)C(=O)N[C@@H](CC(C)C)C(=O)O. The number of carboxylic acids is 3. The number of carboxylic acid groups (broad SMARTS) is 3. The lowest BCUT2D eigenvalue weighted by Gasteiger charge is -2.29. The van der Waals surface area contributed by atoms with Gasteiger partial charge in [-0.05, 0) is 100 Å². The molecule has 18 N–H and O–H groups in total. The number of aromatic hydroxyl groups is 1. The van der Waals surface area contributed by atoms with E-state index in [4.69, 9.17) is 17.2 Å². The Hall–Kier alpha value is -7.42. The van der Waals surface area contributed by atoms with Crippen LogP contribution >= 0.6 is 0 Å². The van der Waals surface area contributed by atoms with Gasteiger partial charge in [0, 0.05) is 12.8 Å². The van der Waals surface area contributed by atoms with Gasteiger partial charge in [0.25, 0.3) is 0 Å². The zero-order valence-electron chi connectivity index (χ0n) is 44.8. The van der Waals surface area contributed by atoms with Crippen molar-refractivity contribution < 1.29 is 78.0 Å². The fourth-order valence-electron chi connectivity index (χ4n) is 7.61. The van der Waals surface area contributed by atoms with Gasteiger partial charge in [0.1, 0.15) is 54.1 Å². The molecular formula is C50H81N11O16. The molecule has 0 unspecified atom stereocenters. The van der Waals surface area contributed by atoms with Crippen LogP contribution in [0, 0.1) is 17.8 Å². The van der Waals surface area contributed by atoms with Crippen molar-refractivity contribution in [3.05, 3.63) is 29.8 Å². The van der Waals surface area contributed by atoms with Crippen molar-refractivity contribution >= 4 is 71.1 Å². The van der Waals surface area contributed by atoms with Crippen molar-refractivity contribution in [1.29, 1.82) is 0 Å². The van der Waals surface area contributed by atoms with E-state index in [0.717, 1.165) is 0 Å². The van der Waals surface area contributed by atoms with Crippen molar-refractivity contribution in [2.75, 3.05) is 6.54 Å². The van der Waals surface area contributed by atoms with Gasteiger partial charge >= 0.3 is 17.9 Å². The highest BCUT2D eigenvalue weighted by molar-refractivity contribution is 5.99. The summed E-state index contributed by atoms with van der Waals surface area (Å²) >= 11 is 0. The third-order valence-electron chi connectivity index (χ3n) is 12.1. The zero-order valence-corrected chi connectivity index (χ0v) is 44.8. The van der Waals surface area contributed by atoms with E-state index in [1.54, 1.807) is 53.7 Å². The monoisotopic (exact) mass is 1090 g/mol. The van der Waals surface area contributed by atoms with Crippen molar-refractivity contribution in [3.63, 3.8) is 0 Å². The van der Waals surface area contributed by atoms with Crippen LogP contribution in [0.5, 0.6) is 5.75 Å². The number of rotatable bonds is 37. The van der Waals surface area contributed by atoms with Crippen LogP contribution in [-0.4, -0.2) is 152 Å². The van der Waals surface area contributed by atoms with Crippen LogP contribution in [0.25, 0.3) is 0 Å². The summed E-state index contributed by atoms with van der Waals surface area (Å²) < 4.78 is 0. The Bertz CT molecular complexity index is 2190. The van der Waals surface area contributed by atoms with Crippen LogP contribution in [-0.2, 0) is 64.0 Å². The molecule has 0 saturated carbocycles. The number of carbonyl (C=O) groups is 12. The third kappa shape index (κ3) is 26.3. The lowest BCUT2D eigenvalue weighted by Crippen LogP contribution is -2.61. The molecule has 0 radical (unpaired) electrons. The van der Waals surface area contributed by atoms with Gasteiger partial charge in [0.15, 0.2) is 0 Å². The lowest BCUT2D eigenvalue weighted by atomic mass is 9.96. The molecule has 0 spiro atoms. The summed E-state index contributed by atoms with van der Waals surface area (Å²) in [6, 6.07) is -7.14. The number of nitrogens with one attached hydrogen (secondary N) is 8. The summed E-state index contributed by atoms with van der Waals surface area (Å²) in [5.74, 6) is -13.9. The Balaban J connectivity index is 3.47. The standard InChI is InChI=1S/C50H81N11O16/c1-8-27(6)41(61-48(74)35(21-25(2)3)58-43(69)31(52)23-29-12-14-30(62)15-13-29)49(75)59-36(24-38(53)63)47(73)55-32(11-9-10-20-51)45(71)57-34(17-19-40(66)67)46(72)56-33(16-18-39(64)65)44(70)54-28(7)42(68)60-37(50(76)77)22-26(4)5/h12-15,25-28,31-37,41,62H,8-11,16-24,51-52H2,1-7H3,(H2,53,63)(H,54,70)(H,55,73)(H,56,72)(H,57,71)(H,58,69)(H,59,75)(H,60,68)(H,61,74)(H,64,65)(H,66,67)(H,76,77)/t27-,28-,31-,32-,33-,34-,35-,36-,37-,41-/m0/s1. The molecule has 0 heterocycles. The van der Waals surface area contributed by atoms with Gasteiger partial charge in [0.2, 0.25) is 53.2 Å². The largest absolute Gasteiger partial charge is 0.508 e. The van der Waals surface area contributed by atoms with E-state index in [-0.39, 0.29) is 56.2 Å². The van der Waals surface area contributed by atoms with Gasteiger partial charge in [-0.15, -0.1) is 0 Å². The topological polar surface area (TPSA) is 460 Å². The summed E-state index contributed by atoms with van der Waals surface area (Å²) in [4.78, 5) is 157. The highest BCUT2D eigenvalue weighted by Gasteiger charge is 2.36. The second-order valence-electron chi connectivity index (χ2n) is 19.9. The van der Waals surface area contributed by atoms with Crippen LogP contribution in [0.2, 0.25) is 0 Å². The molecule has 0 aliphatic rings. The van der Waals surface area contributed by atoms with Crippen LogP contribution in [0.3, 0.4) is 0 Å². The Morgan fingerprint density at radius 1 is 0.519 bits per heavy atom. The number of carbonyl (C=O) groups excluding carboxylic acids is 9. The van der Waals surface area contributed by atoms with E-state index in [2.05, 4.69) is 42.5 Å². The molecule has 1 aromatic carbocycles. The normalized spacial score (nSPS) is 15.1. The first-order chi connectivity index (χ1) is 36.0. The van der Waals surface area contributed by atoms with Crippen molar-refractivity contribution in [2.24, 2.45) is 35.0 Å². The van der Waals surface area contributed by atoms with Gasteiger partial charge in [0.05, 0.1) is 12.5 Å². The van der Waals surface area contributed by atoms with Gasteiger partial charge in [-0.25, -0.2) is 4.79 Å². The van der Waals surface area contributed by atoms with E-state index in [0.29, 0.717) is 18.4 Å². The highest BCUT2D eigenvalue weighted by atomic mass is 16.4. The summed E-state index contributed by atoms with van der Waals surface area (Å²) in [5, 5.41) is 57.5. The number of amides is 9. The van der Waals surface area contributed by atoms with Crippen LogP contribution in [0.1, 0.15) is 125 Å². The number of hydrogen-bond donors (Lipinski definition) is 15. The minimum absolute atomic E-state index is 0.0154. The van der Waals surface area contributed by atoms with Crippen molar-refractivity contribution in [3.8, 4) is 5.75 Å². The number of benzene rings is 1. The molecule has 27 nitrogen and oxygen atoms in total. The van der Waals surface area contributed by atoms with E-state index >= 15 is 0 Å². The van der Waals surface area contributed by atoms with Gasteiger partial charge in [-0.1, -0.05) is 60.1 Å². The molecular weight excluding hydrogens is 1010 g/mol. The minimum atomic E-state index is -1.77. The summed E-state index contributed by atoms with van der Waals surface area (Å²) in [6.07, 6.45) is -2.54. The smallest absolute Gasteiger partial charge is 0.326 e. The Morgan fingerprint density at radius 3 is 1.40 bits per heavy atom. The minimum Gasteiger partial charge on any atom is -0.508 e. The predicted octanol–water partition coefficient (Wildman–Crippen LogP) is -1.88. The Kier molecular flexibility index (Phi) is 30.1. The number of hydrogen-bond acceptors (Lipinski definition) is 15. The first kappa shape index (κ1) is 67.6. The molecule has 0 bridgehead atoms. The molecule has 10 atom stereocenters. The number of primary amides is 1.